The van der Waals surface area contributed by atoms with Crippen LogP contribution in [0.15, 0.2) is 53.4 Å². The molecule has 1 saturated heterocycles. The van der Waals surface area contributed by atoms with Gasteiger partial charge in [-0.15, -0.1) is 11.8 Å². The van der Waals surface area contributed by atoms with E-state index in [1.165, 1.54) is 12.1 Å². The van der Waals surface area contributed by atoms with Gasteiger partial charge in [0.2, 0.25) is 0 Å². The van der Waals surface area contributed by atoms with E-state index >= 15 is 0 Å². The number of halogens is 1. The number of fused-ring (bicyclic) bond motifs is 1. The number of thioether (sulfide) groups is 1. The predicted molar refractivity (Wildman–Crippen MR) is 103 cm³/mol. The van der Waals surface area contributed by atoms with E-state index in [9.17, 15) is 9.18 Å². The Bertz CT molecular complexity index is 805. The maximum absolute atomic E-state index is 13.3. The summed E-state index contributed by atoms with van der Waals surface area (Å²) in [6, 6.07) is 14.3. The predicted octanol–water partition coefficient (Wildman–Crippen LogP) is 3.54. The van der Waals surface area contributed by atoms with Crippen LogP contribution in [0.1, 0.15) is 18.4 Å². The summed E-state index contributed by atoms with van der Waals surface area (Å²) < 4.78 is 24.7. The van der Waals surface area contributed by atoms with Gasteiger partial charge in [-0.05, 0) is 42.7 Å². The van der Waals surface area contributed by atoms with Crippen LogP contribution in [-0.4, -0.2) is 37.5 Å². The fraction of sp³-hybridized carbons (Fsp3) is 0.381. The minimum absolute atomic E-state index is 0.106. The van der Waals surface area contributed by atoms with Gasteiger partial charge in [0.1, 0.15) is 11.6 Å². The summed E-state index contributed by atoms with van der Waals surface area (Å²) >= 11 is 1.64. The summed E-state index contributed by atoms with van der Waals surface area (Å²) in [4.78, 5) is 13.8. The summed E-state index contributed by atoms with van der Waals surface area (Å²) in [5, 5.41) is 3.08. The van der Waals surface area contributed by atoms with Gasteiger partial charge in [0.15, 0.2) is 6.10 Å². The monoisotopic (exact) mass is 387 g/mol. The molecule has 0 unspecified atom stereocenters. The minimum Gasteiger partial charge on any atom is -0.479 e. The van der Waals surface area contributed by atoms with Crippen molar-refractivity contribution < 1.29 is 18.7 Å². The molecule has 2 aliphatic heterocycles. The molecule has 0 bridgehead atoms. The maximum atomic E-state index is 13.3. The number of ether oxygens (including phenoxy) is 2. The highest BCUT2D eigenvalue weighted by atomic mass is 32.2. The zero-order chi connectivity index (χ0) is 18.7. The fourth-order valence-electron chi connectivity index (χ4n) is 3.65. The van der Waals surface area contributed by atoms with Gasteiger partial charge < -0.3 is 14.8 Å². The molecular weight excluding hydrogens is 365 g/mol. The van der Waals surface area contributed by atoms with Crippen LogP contribution in [-0.2, 0) is 14.9 Å². The molecular formula is C21H22FNO3S. The quantitative estimate of drug-likeness (QED) is 0.872. The number of benzene rings is 2. The molecule has 1 atom stereocenters. The summed E-state index contributed by atoms with van der Waals surface area (Å²) in [5.74, 6) is 0.990. The van der Waals surface area contributed by atoms with Gasteiger partial charge in [0.05, 0.1) is 0 Å². The van der Waals surface area contributed by atoms with Crippen molar-refractivity contribution in [3.63, 3.8) is 0 Å². The van der Waals surface area contributed by atoms with Crippen molar-refractivity contribution in [2.45, 2.75) is 29.3 Å². The molecule has 0 radical (unpaired) electrons. The van der Waals surface area contributed by atoms with Gasteiger partial charge in [-0.3, -0.25) is 4.79 Å². The molecule has 0 aliphatic carbocycles. The third kappa shape index (κ3) is 3.96. The zero-order valence-corrected chi connectivity index (χ0v) is 15.8. The SMILES string of the molecule is O=C(NCC1(c2ccc(F)cc2)CCOCC1)[C@H]1CSc2ccccc2O1. The van der Waals surface area contributed by atoms with Crippen molar-refractivity contribution in [2.75, 3.05) is 25.5 Å². The van der Waals surface area contributed by atoms with Crippen LogP contribution in [0.5, 0.6) is 5.75 Å². The fourth-order valence-corrected chi connectivity index (χ4v) is 4.64. The van der Waals surface area contributed by atoms with Crippen molar-refractivity contribution >= 4 is 17.7 Å². The maximum Gasteiger partial charge on any atom is 0.261 e. The molecule has 27 heavy (non-hydrogen) atoms. The number of carbonyl (C=O) groups is 1. The molecule has 0 saturated carbocycles. The molecule has 2 aromatic carbocycles. The van der Waals surface area contributed by atoms with Crippen LogP contribution in [0.2, 0.25) is 0 Å². The molecule has 142 valence electrons. The molecule has 0 spiro atoms. The summed E-state index contributed by atoms with van der Waals surface area (Å²) in [6.07, 6.45) is 1.08. The number of carbonyl (C=O) groups excluding carboxylic acids is 1. The summed E-state index contributed by atoms with van der Waals surface area (Å²) in [7, 11) is 0. The van der Waals surface area contributed by atoms with Gasteiger partial charge in [0.25, 0.3) is 5.91 Å². The Labute approximate surface area is 162 Å². The highest BCUT2D eigenvalue weighted by molar-refractivity contribution is 7.99. The van der Waals surface area contributed by atoms with Crippen LogP contribution < -0.4 is 10.1 Å². The number of para-hydroxylation sites is 1. The van der Waals surface area contributed by atoms with Crippen molar-refractivity contribution in [1.82, 2.24) is 5.32 Å². The normalized spacial score (nSPS) is 21.0. The second-order valence-corrected chi connectivity index (χ2v) is 8.04. The van der Waals surface area contributed by atoms with Crippen molar-refractivity contribution in [3.05, 3.63) is 59.9 Å². The van der Waals surface area contributed by atoms with Gasteiger partial charge >= 0.3 is 0 Å². The molecule has 2 heterocycles. The van der Waals surface area contributed by atoms with Crippen LogP contribution >= 0.6 is 11.8 Å². The summed E-state index contributed by atoms with van der Waals surface area (Å²) in [6.45, 7) is 1.76. The van der Waals surface area contributed by atoms with E-state index in [4.69, 9.17) is 9.47 Å². The molecule has 6 heteroatoms. The number of hydrogen-bond acceptors (Lipinski definition) is 4. The zero-order valence-electron chi connectivity index (χ0n) is 14.9. The Morgan fingerprint density at radius 1 is 1.15 bits per heavy atom. The largest absolute Gasteiger partial charge is 0.479 e. The lowest BCUT2D eigenvalue weighted by Gasteiger charge is -2.38. The lowest BCUT2D eigenvalue weighted by Crippen LogP contribution is -2.49. The van der Waals surface area contributed by atoms with E-state index in [0.717, 1.165) is 29.1 Å². The molecule has 2 aromatic rings. The van der Waals surface area contributed by atoms with Gasteiger partial charge in [-0.2, -0.15) is 0 Å². The standard InChI is InChI=1S/C21H22FNO3S/c22-16-7-5-15(6-8-16)21(9-11-25-12-10-21)14-23-20(24)18-13-27-19-4-2-1-3-17(19)26-18/h1-8,18H,9-14H2,(H,23,24)/t18-/m1/s1. The first kappa shape index (κ1) is 18.3. The first-order valence-corrected chi connectivity index (χ1v) is 10.1. The van der Waals surface area contributed by atoms with Crippen LogP contribution in [0.4, 0.5) is 4.39 Å². The Kier molecular flexibility index (Phi) is 5.36. The molecule has 0 aromatic heterocycles. The highest BCUT2D eigenvalue weighted by Crippen LogP contribution is 2.36. The van der Waals surface area contributed by atoms with Crippen molar-refractivity contribution in [3.8, 4) is 5.75 Å². The number of amides is 1. The molecule has 1 fully saturated rings. The lowest BCUT2D eigenvalue weighted by molar-refractivity contribution is -0.127. The first-order valence-electron chi connectivity index (χ1n) is 9.16. The van der Waals surface area contributed by atoms with Crippen molar-refractivity contribution in [1.29, 1.82) is 0 Å². The highest BCUT2D eigenvalue weighted by Gasteiger charge is 2.36. The van der Waals surface area contributed by atoms with Gasteiger partial charge in [-0.1, -0.05) is 24.3 Å². The van der Waals surface area contributed by atoms with Gasteiger partial charge in [-0.25, -0.2) is 4.39 Å². The van der Waals surface area contributed by atoms with E-state index in [2.05, 4.69) is 5.32 Å². The average molecular weight is 387 g/mol. The van der Waals surface area contributed by atoms with Crippen LogP contribution in [0.3, 0.4) is 0 Å². The molecule has 1 N–H and O–H groups in total. The Balaban J connectivity index is 1.45. The van der Waals surface area contributed by atoms with E-state index < -0.39 is 6.10 Å². The summed E-state index contributed by atoms with van der Waals surface area (Å²) in [5.41, 5.74) is 0.804. The van der Waals surface area contributed by atoms with E-state index in [1.54, 1.807) is 11.8 Å². The molecule has 4 rings (SSSR count). The van der Waals surface area contributed by atoms with E-state index in [-0.39, 0.29) is 17.1 Å². The first-order chi connectivity index (χ1) is 13.2. The lowest BCUT2D eigenvalue weighted by atomic mass is 9.74. The Morgan fingerprint density at radius 3 is 2.67 bits per heavy atom. The van der Waals surface area contributed by atoms with Gasteiger partial charge in [0, 0.05) is 35.8 Å². The Morgan fingerprint density at radius 2 is 1.89 bits per heavy atom. The number of rotatable bonds is 4. The molecule has 4 nitrogen and oxygen atoms in total. The number of hydrogen-bond donors (Lipinski definition) is 1. The van der Waals surface area contributed by atoms with E-state index in [1.807, 2.05) is 36.4 Å². The molecule has 1 amide bonds. The van der Waals surface area contributed by atoms with Crippen LogP contribution in [0, 0.1) is 5.82 Å². The smallest absolute Gasteiger partial charge is 0.261 e. The minimum atomic E-state index is -0.505. The number of nitrogens with one attached hydrogen (secondary N) is 1. The van der Waals surface area contributed by atoms with E-state index in [0.29, 0.717) is 25.5 Å². The second kappa shape index (κ2) is 7.90. The third-order valence-electron chi connectivity index (χ3n) is 5.31. The second-order valence-electron chi connectivity index (χ2n) is 6.98. The average Bonchev–Trinajstić information content (AvgIpc) is 2.73. The molecule has 2 aliphatic rings. The third-order valence-corrected chi connectivity index (χ3v) is 6.43. The van der Waals surface area contributed by atoms with Crippen LogP contribution in [0.25, 0.3) is 0 Å². The van der Waals surface area contributed by atoms with Crippen molar-refractivity contribution in [2.24, 2.45) is 0 Å². The topological polar surface area (TPSA) is 47.6 Å². The Hall–Kier alpha value is -2.05.